The monoisotopic (exact) mass is 495 g/mol. The molecular weight excluding hydrogens is 475 g/mol. The molecule has 3 aromatic rings. The molecule has 0 aliphatic heterocycles. The summed E-state index contributed by atoms with van der Waals surface area (Å²) in [5.74, 6) is -0.467. The van der Waals surface area contributed by atoms with Crippen molar-refractivity contribution in [2.24, 2.45) is 5.92 Å². The second-order valence-corrected chi connectivity index (χ2v) is 8.67. The van der Waals surface area contributed by atoms with Crippen LogP contribution in [0.4, 0.5) is 19.0 Å². The van der Waals surface area contributed by atoms with E-state index >= 15 is 0 Å². The van der Waals surface area contributed by atoms with E-state index in [1.165, 1.54) is 35.5 Å². The number of aliphatic hydroxyl groups is 2. The average molecular weight is 496 g/mol. The molecule has 0 radical (unpaired) electrons. The van der Waals surface area contributed by atoms with E-state index in [2.05, 4.69) is 20.4 Å². The van der Waals surface area contributed by atoms with Crippen LogP contribution in [0.15, 0.2) is 43.0 Å². The molecule has 0 bridgehead atoms. The third-order valence-corrected chi connectivity index (χ3v) is 6.20. The maximum absolute atomic E-state index is 13.1. The first kappa shape index (κ1) is 24.1. The number of nitrogens with one attached hydrogen (secondary N) is 1. The van der Waals surface area contributed by atoms with Gasteiger partial charge in [0.1, 0.15) is 23.9 Å². The number of benzene rings is 1. The highest BCUT2D eigenvalue weighted by Gasteiger charge is 2.39. The molecule has 8 nitrogen and oxygen atoms in total. The topological polar surface area (TPSA) is 113 Å². The molecule has 1 fully saturated rings. The SMILES string of the molecule is C[C@@H]1C[C@@H](Nc2ncncc2C(=O)c2ccn(Cc3cc(C(F)(F)F)ccc3Cl)n2)[C@H](O)[C@@H]1O. The van der Waals surface area contributed by atoms with Crippen LogP contribution in [0.2, 0.25) is 5.02 Å². The van der Waals surface area contributed by atoms with Crippen molar-refractivity contribution < 1.29 is 28.2 Å². The van der Waals surface area contributed by atoms with Crippen LogP contribution < -0.4 is 5.32 Å². The number of carbonyl (C=O) groups is 1. The van der Waals surface area contributed by atoms with E-state index in [9.17, 15) is 28.2 Å². The van der Waals surface area contributed by atoms with E-state index in [-0.39, 0.29) is 40.1 Å². The molecule has 1 saturated carbocycles. The molecule has 34 heavy (non-hydrogen) atoms. The van der Waals surface area contributed by atoms with Gasteiger partial charge in [-0.15, -0.1) is 0 Å². The molecule has 4 rings (SSSR count). The second-order valence-electron chi connectivity index (χ2n) is 8.26. The van der Waals surface area contributed by atoms with Crippen molar-refractivity contribution in [2.45, 2.75) is 44.3 Å². The molecule has 0 amide bonds. The molecule has 0 saturated heterocycles. The summed E-state index contributed by atoms with van der Waals surface area (Å²) in [6.07, 6.45) is -1.94. The first-order chi connectivity index (χ1) is 16.0. The van der Waals surface area contributed by atoms with E-state index in [0.717, 1.165) is 12.1 Å². The van der Waals surface area contributed by atoms with Gasteiger partial charge in [0.25, 0.3) is 0 Å². The van der Waals surface area contributed by atoms with Crippen LogP contribution in [0.3, 0.4) is 0 Å². The van der Waals surface area contributed by atoms with Crippen molar-refractivity contribution in [1.82, 2.24) is 19.7 Å². The highest BCUT2D eigenvalue weighted by Crippen LogP contribution is 2.32. The number of ketones is 1. The van der Waals surface area contributed by atoms with Gasteiger partial charge in [0.2, 0.25) is 5.78 Å². The van der Waals surface area contributed by atoms with Crippen molar-refractivity contribution in [3.63, 3.8) is 0 Å². The fourth-order valence-corrected chi connectivity index (χ4v) is 4.12. The van der Waals surface area contributed by atoms with Gasteiger partial charge in [-0.3, -0.25) is 9.48 Å². The van der Waals surface area contributed by atoms with E-state index in [0.29, 0.717) is 6.42 Å². The number of aliphatic hydroxyl groups excluding tert-OH is 2. The summed E-state index contributed by atoms with van der Waals surface area (Å²) in [6, 6.07) is 3.93. The van der Waals surface area contributed by atoms with Crippen molar-refractivity contribution in [3.8, 4) is 0 Å². The van der Waals surface area contributed by atoms with Gasteiger partial charge in [-0.2, -0.15) is 18.3 Å². The van der Waals surface area contributed by atoms with Gasteiger partial charge in [0.05, 0.1) is 29.8 Å². The minimum atomic E-state index is -4.51. The molecule has 180 valence electrons. The average Bonchev–Trinajstić information content (AvgIpc) is 3.35. The normalized spacial score (nSPS) is 22.7. The van der Waals surface area contributed by atoms with E-state index in [4.69, 9.17) is 11.6 Å². The van der Waals surface area contributed by atoms with Gasteiger partial charge in [-0.25, -0.2) is 9.97 Å². The van der Waals surface area contributed by atoms with E-state index in [1.807, 2.05) is 6.92 Å². The number of halogens is 4. The largest absolute Gasteiger partial charge is 0.416 e. The van der Waals surface area contributed by atoms with Gasteiger partial charge in [0, 0.05) is 17.4 Å². The predicted molar refractivity (Wildman–Crippen MR) is 116 cm³/mol. The van der Waals surface area contributed by atoms with Crippen molar-refractivity contribution in [1.29, 1.82) is 0 Å². The summed E-state index contributed by atoms with van der Waals surface area (Å²) in [5, 5.41) is 27.6. The molecule has 4 atom stereocenters. The van der Waals surface area contributed by atoms with Gasteiger partial charge >= 0.3 is 6.18 Å². The quantitative estimate of drug-likeness (QED) is 0.450. The van der Waals surface area contributed by atoms with Crippen LogP contribution in [0.25, 0.3) is 0 Å². The molecule has 1 aliphatic carbocycles. The maximum atomic E-state index is 13.1. The summed E-state index contributed by atoms with van der Waals surface area (Å²) < 4.78 is 40.4. The summed E-state index contributed by atoms with van der Waals surface area (Å²) in [6.45, 7) is 1.74. The smallest absolute Gasteiger partial charge is 0.390 e. The molecule has 2 heterocycles. The summed E-state index contributed by atoms with van der Waals surface area (Å²) in [5.41, 5.74) is -0.500. The second kappa shape index (κ2) is 9.32. The molecule has 0 unspecified atom stereocenters. The summed E-state index contributed by atoms with van der Waals surface area (Å²) in [7, 11) is 0. The van der Waals surface area contributed by atoms with Crippen LogP contribution in [0.5, 0.6) is 0 Å². The van der Waals surface area contributed by atoms with Gasteiger partial charge in [-0.1, -0.05) is 18.5 Å². The Bertz CT molecular complexity index is 1200. The zero-order valence-corrected chi connectivity index (χ0v) is 18.6. The van der Waals surface area contributed by atoms with Gasteiger partial charge in [-0.05, 0) is 42.2 Å². The molecule has 1 aliphatic rings. The van der Waals surface area contributed by atoms with Crippen LogP contribution in [0.1, 0.15) is 40.5 Å². The lowest BCUT2D eigenvalue weighted by atomic mass is 10.1. The fraction of sp³-hybridized carbons (Fsp3) is 0.364. The van der Waals surface area contributed by atoms with Gasteiger partial charge < -0.3 is 15.5 Å². The summed E-state index contributed by atoms with van der Waals surface area (Å²) in [4.78, 5) is 21.1. The number of carbonyl (C=O) groups excluding carboxylic acids is 1. The van der Waals surface area contributed by atoms with Crippen LogP contribution in [-0.4, -0.2) is 54.0 Å². The molecule has 2 aromatic heterocycles. The Kier molecular flexibility index (Phi) is 6.61. The zero-order chi connectivity index (χ0) is 24.6. The Morgan fingerprint density at radius 3 is 2.71 bits per heavy atom. The Labute approximate surface area is 197 Å². The Balaban J connectivity index is 1.54. The molecule has 0 spiro atoms. The lowest BCUT2D eigenvalue weighted by Gasteiger charge is -2.19. The molecule has 3 N–H and O–H groups in total. The third-order valence-electron chi connectivity index (χ3n) is 5.83. The maximum Gasteiger partial charge on any atom is 0.416 e. The Morgan fingerprint density at radius 2 is 2.03 bits per heavy atom. The third kappa shape index (κ3) is 4.91. The minimum absolute atomic E-state index is 0.0290. The zero-order valence-electron chi connectivity index (χ0n) is 17.9. The molecule has 1 aromatic carbocycles. The van der Waals surface area contributed by atoms with E-state index in [1.54, 1.807) is 0 Å². The number of rotatable bonds is 6. The van der Waals surface area contributed by atoms with E-state index < -0.39 is 35.8 Å². The molecule has 12 heteroatoms. The summed E-state index contributed by atoms with van der Waals surface area (Å²) >= 11 is 6.06. The lowest BCUT2D eigenvalue weighted by molar-refractivity contribution is -0.137. The predicted octanol–water partition coefficient (Wildman–Crippen LogP) is 3.17. The first-order valence-electron chi connectivity index (χ1n) is 10.4. The number of hydrogen-bond acceptors (Lipinski definition) is 7. The van der Waals surface area contributed by atoms with Crippen molar-refractivity contribution in [2.75, 3.05) is 5.32 Å². The minimum Gasteiger partial charge on any atom is -0.390 e. The Hall–Kier alpha value is -3.02. The number of aromatic nitrogens is 4. The number of hydrogen-bond donors (Lipinski definition) is 3. The van der Waals surface area contributed by atoms with Crippen molar-refractivity contribution >= 4 is 23.2 Å². The number of nitrogens with zero attached hydrogens (tertiary/aromatic N) is 4. The van der Waals surface area contributed by atoms with Crippen LogP contribution >= 0.6 is 11.6 Å². The van der Waals surface area contributed by atoms with Gasteiger partial charge in [0.15, 0.2) is 0 Å². The van der Waals surface area contributed by atoms with Crippen molar-refractivity contribution in [3.05, 3.63) is 70.4 Å². The first-order valence-corrected chi connectivity index (χ1v) is 10.8. The standard InChI is InChI=1S/C22H21ClF3N5O3/c1-11-6-17(20(34)18(11)32)29-21-14(8-27-10-28-21)19(33)16-4-5-31(30-16)9-12-7-13(22(24,25)26)2-3-15(12)23/h2-5,7-8,10-11,17-18,20,32,34H,6,9H2,1H3,(H,27,28,29)/t11-,17-,18-,20+/m1/s1. The highest BCUT2D eigenvalue weighted by atomic mass is 35.5. The lowest BCUT2D eigenvalue weighted by Crippen LogP contribution is -2.35. The molecular formula is C22H21ClF3N5O3. The highest BCUT2D eigenvalue weighted by molar-refractivity contribution is 6.31. The fourth-order valence-electron chi connectivity index (χ4n) is 3.94. The Morgan fingerprint density at radius 1 is 1.26 bits per heavy atom. The number of alkyl halides is 3. The van der Waals surface area contributed by atoms with Crippen LogP contribution in [-0.2, 0) is 12.7 Å². The van der Waals surface area contributed by atoms with Crippen LogP contribution in [0, 0.1) is 5.92 Å². The number of anilines is 1.